The highest BCUT2D eigenvalue weighted by Gasteiger charge is 2.09. The molecule has 1 heterocycles. The zero-order valence-electron chi connectivity index (χ0n) is 10.3. The molecule has 2 N–H and O–H groups in total. The summed E-state index contributed by atoms with van der Waals surface area (Å²) in [4.78, 5) is 4.20. The lowest BCUT2D eigenvalue weighted by atomic mass is 10.2. The van der Waals surface area contributed by atoms with Crippen LogP contribution in [0.1, 0.15) is 16.8 Å². The molecular weight excluding hydrogens is 226 g/mol. The maximum atomic E-state index is 9.00. The lowest BCUT2D eigenvalue weighted by Gasteiger charge is -2.09. The Morgan fingerprint density at radius 3 is 2.67 bits per heavy atom. The molecule has 0 atom stereocenters. The minimum Gasteiger partial charge on any atom is -0.436 e. The number of nitrogens with two attached hydrogens (primary N) is 1. The number of nitrogens with zero attached hydrogens (tertiary/aromatic N) is 2. The summed E-state index contributed by atoms with van der Waals surface area (Å²) in [6.45, 7) is 3.79. The maximum Gasteiger partial charge on any atom is 0.237 e. The van der Waals surface area contributed by atoms with Crippen LogP contribution in [0.15, 0.2) is 30.3 Å². The number of nitriles is 1. The Labute approximate surface area is 106 Å². The summed E-state index contributed by atoms with van der Waals surface area (Å²) >= 11 is 0. The van der Waals surface area contributed by atoms with E-state index in [1.807, 2.05) is 32.0 Å². The monoisotopic (exact) mass is 239 g/mol. The molecule has 2 aromatic rings. The van der Waals surface area contributed by atoms with E-state index in [0.29, 0.717) is 17.0 Å². The molecule has 0 fully saturated rings. The molecule has 0 spiro atoms. The highest BCUT2D eigenvalue weighted by molar-refractivity contribution is 5.56. The van der Waals surface area contributed by atoms with Gasteiger partial charge in [-0.3, -0.25) is 0 Å². The fourth-order valence-electron chi connectivity index (χ4n) is 1.56. The third-order valence-corrected chi connectivity index (χ3v) is 2.49. The van der Waals surface area contributed by atoms with Crippen molar-refractivity contribution in [2.24, 2.45) is 0 Å². The van der Waals surface area contributed by atoms with Crippen LogP contribution in [0.3, 0.4) is 0 Å². The third kappa shape index (κ3) is 2.41. The van der Waals surface area contributed by atoms with E-state index in [9.17, 15) is 0 Å². The normalized spacial score (nSPS) is 9.83. The van der Waals surface area contributed by atoms with Crippen molar-refractivity contribution in [1.29, 1.82) is 5.26 Å². The minimum atomic E-state index is 0.285. The Balaban J connectivity index is 2.40. The van der Waals surface area contributed by atoms with Crippen LogP contribution >= 0.6 is 0 Å². The fraction of sp³-hybridized carbons (Fsp3) is 0.143. The summed E-state index contributed by atoms with van der Waals surface area (Å²) in [6, 6.07) is 11.0. The lowest BCUT2D eigenvalue weighted by molar-refractivity contribution is 0.462. The van der Waals surface area contributed by atoms with Gasteiger partial charge in [0.05, 0.1) is 5.69 Å². The molecule has 0 unspecified atom stereocenters. The van der Waals surface area contributed by atoms with Crippen molar-refractivity contribution in [3.8, 4) is 17.7 Å². The van der Waals surface area contributed by atoms with Gasteiger partial charge in [0.2, 0.25) is 5.88 Å². The van der Waals surface area contributed by atoms with E-state index in [2.05, 4.69) is 4.98 Å². The first kappa shape index (κ1) is 11.9. The number of pyridine rings is 1. The number of benzene rings is 1. The topological polar surface area (TPSA) is 71.9 Å². The molecule has 4 nitrogen and oxygen atoms in total. The fourth-order valence-corrected chi connectivity index (χ4v) is 1.56. The summed E-state index contributed by atoms with van der Waals surface area (Å²) in [7, 11) is 0. The van der Waals surface area contributed by atoms with Gasteiger partial charge in [-0.05, 0) is 43.7 Å². The van der Waals surface area contributed by atoms with E-state index in [0.717, 1.165) is 11.3 Å². The number of nitrogen functional groups attached to an aromatic ring is 1. The van der Waals surface area contributed by atoms with Crippen molar-refractivity contribution >= 4 is 5.69 Å². The van der Waals surface area contributed by atoms with Gasteiger partial charge in [-0.2, -0.15) is 5.26 Å². The van der Waals surface area contributed by atoms with E-state index >= 15 is 0 Å². The van der Waals surface area contributed by atoms with Crippen molar-refractivity contribution in [2.75, 3.05) is 5.73 Å². The standard InChI is InChI=1S/C14H13N3O/c1-9-3-6-13(12(16)7-9)18-14-11(8-15)5-4-10(2)17-14/h3-7H,16H2,1-2H3. The minimum absolute atomic E-state index is 0.285. The van der Waals surface area contributed by atoms with Gasteiger partial charge in [0.25, 0.3) is 0 Å². The summed E-state index contributed by atoms with van der Waals surface area (Å²) < 4.78 is 5.61. The van der Waals surface area contributed by atoms with E-state index in [-0.39, 0.29) is 5.88 Å². The molecule has 0 bridgehead atoms. The second kappa shape index (κ2) is 4.76. The van der Waals surface area contributed by atoms with Crippen LogP contribution in [0.2, 0.25) is 0 Å². The highest BCUT2D eigenvalue weighted by Crippen LogP contribution is 2.28. The first-order valence-corrected chi connectivity index (χ1v) is 5.52. The van der Waals surface area contributed by atoms with Crippen molar-refractivity contribution in [3.05, 3.63) is 47.2 Å². The number of aryl methyl sites for hydroxylation is 2. The lowest BCUT2D eigenvalue weighted by Crippen LogP contribution is -1.97. The smallest absolute Gasteiger partial charge is 0.237 e. The van der Waals surface area contributed by atoms with Gasteiger partial charge in [0.15, 0.2) is 5.75 Å². The second-order valence-corrected chi connectivity index (χ2v) is 4.06. The first-order chi connectivity index (χ1) is 8.60. The van der Waals surface area contributed by atoms with Gasteiger partial charge in [0.1, 0.15) is 11.6 Å². The molecule has 0 amide bonds. The molecule has 0 radical (unpaired) electrons. The number of hydrogen-bond donors (Lipinski definition) is 1. The number of aromatic nitrogens is 1. The van der Waals surface area contributed by atoms with Crippen LogP contribution in [0.25, 0.3) is 0 Å². The number of hydrogen-bond acceptors (Lipinski definition) is 4. The Hall–Kier alpha value is -2.54. The van der Waals surface area contributed by atoms with E-state index in [1.165, 1.54) is 0 Å². The molecule has 2 rings (SSSR count). The van der Waals surface area contributed by atoms with Gasteiger partial charge in [-0.25, -0.2) is 4.98 Å². The molecule has 0 saturated heterocycles. The Morgan fingerprint density at radius 1 is 1.22 bits per heavy atom. The zero-order chi connectivity index (χ0) is 13.1. The van der Waals surface area contributed by atoms with Crippen LogP contribution < -0.4 is 10.5 Å². The predicted molar refractivity (Wildman–Crippen MR) is 69.4 cm³/mol. The van der Waals surface area contributed by atoms with Crippen LogP contribution in [0.4, 0.5) is 5.69 Å². The summed E-state index contributed by atoms with van der Waals surface area (Å²) in [6.07, 6.45) is 0. The average molecular weight is 239 g/mol. The van der Waals surface area contributed by atoms with Crippen LogP contribution in [-0.2, 0) is 0 Å². The maximum absolute atomic E-state index is 9.00. The molecule has 1 aromatic heterocycles. The SMILES string of the molecule is Cc1ccc(Oc2nc(C)ccc2C#N)c(N)c1. The van der Waals surface area contributed by atoms with Crippen LogP contribution in [0.5, 0.6) is 11.6 Å². The molecule has 4 heteroatoms. The van der Waals surface area contributed by atoms with Gasteiger partial charge in [-0.1, -0.05) is 6.07 Å². The highest BCUT2D eigenvalue weighted by atomic mass is 16.5. The molecule has 18 heavy (non-hydrogen) atoms. The largest absolute Gasteiger partial charge is 0.436 e. The molecule has 0 aliphatic carbocycles. The van der Waals surface area contributed by atoms with Gasteiger partial charge in [0, 0.05) is 5.69 Å². The molecule has 0 aliphatic rings. The van der Waals surface area contributed by atoms with E-state index in [1.54, 1.807) is 18.2 Å². The Kier molecular flexibility index (Phi) is 3.16. The summed E-state index contributed by atoms with van der Waals surface area (Å²) in [5.41, 5.74) is 8.62. The predicted octanol–water partition coefficient (Wildman–Crippen LogP) is 2.94. The number of anilines is 1. The van der Waals surface area contributed by atoms with Gasteiger partial charge < -0.3 is 10.5 Å². The summed E-state index contributed by atoms with van der Waals surface area (Å²) in [5, 5.41) is 9.00. The molecule has 0 aliphatic heterocycles. The van der Waals surface area contributed by atoms with Crippen LogP contribution in [-0.4, -0.2) is 4.98 Å². The third-order valence-electron chi connectivity index (χ3n) is 2.49. The molecular formula is C14H13N3O. The quantitative estimate of drug-likeness (QED) is 0.818. The van der Waals surface area contributed by atoms with Gasteiger partial charge >= 0.3 is 0 Å². The van der Waals surface area contributed by atoms with Crippen molar-refractivity contribution in [1.82, 2.24) is 4.98 Å². The Morgan fingerprint density at radius 2 is 2.00 bits per heavy atom. The first-order valence-electron chi connectivity index (χ1n) is 5.52. The summed E-state index contributed by atoms with van der Waals surface area (Å²) in [5.74, 6) is 0.795. The Bertz CT molecular complexity index is 629. The zero-order valence-corrected chi connectivity index (χ0v) is 10.3. The second-order valence-electron chi connectivity index (χ2n) is 4.06. The van der Waals surface area contributed by atoms with E-state index < -0.39 is 0 Å². The molecule has 90 valence electrons. The van der Waals surface area contributed by atoms with E-state index in [4.69, 9.17) is 15.7 Å². The number of ether oxygens (including phenoxy) is 1. The van der Waals surface area contributed by atoms with Crippen molar-refractivity contribution in [2.45, 2.75) is 13.8 Å². The van der Waals surface area contributed by atoms with Crippen molar-refractivity contribution < 1.29 is 4.74 Å². The molecule has 1 aromatic carbocycles. The molecule has 0 saturated carbocycles. The number of rotatable bonds is 2. The average Bonchev–Trinajstić information content (AvgIpc) is 2.33. The van der Waals surface area contributed by atoms with Gasteiger partial charge in [-0.15, -0.1) is 0 Å². The van der Waals surface area contributed by atoms with Crippen molar-refractivity contribution in [3.63, 3.8) is 0 Å². The van der Waals surface area contributed by atoms with Crippen LogP contribution in [0, 0.1) is 25.2 Å².